The Labute approximate surface area is 183 Å². The highest BCUT2D eigenvalue weighted by Gasteiger charge is 2.32. The summed E-state index contributed by atoms with van der Waals surface area (Å²) in [5.74, 6) is 1.27. The molecular formula is C25H31N5O. The van der Waals surface area contributed by atoms with Gasteiger partial charge in [-0.25, -0.2) is 9.78 Å². The van der Waals surface area contributed by atoms with Crippen molar-refractivity contribution in [2.24, 2.45) is 0 Å². The van der Waals surface area contributed by atoms with Crippen LogP contribution in [0.2, 0.25) is 0 Å². The molecule has 0 saturated carbocycles. The minimum atomic E-state index is 0.0690. The number of hydrogen-bond acceptors (Lipinski definition) is 3. The third-order valence-electron chi connectivity index (χ3n) is 6.76. The molecule has 6 nitrogen and oxygen atoms in total. The number of urea groups is 1. The molecule has 5 rings (SSSR count). The number of fused-ring (bicyclic) bond motifs is 1. The first-order chi connectivity index (χ1) is 15.2. The maximum Gasteiger partial charge on any atom is 0.317 e. The molecule has 2 aliphatic rings. The minimum Gasteiger partial charge on any atom is -0.342 e. The fourth-order valence-electron chi connectivity index (χ4n) is 5.06. The van der Waals surface area contributed by atoms with Crippen LogP contribution in [-0.4, -0.2) is 57.5 Å². The summed E-state index contributed by atoms with van der Waals surface area (Å²) in [6.07, 6.45) is 3.07. The zero-order valence-corrected chi connectivity index (χ0v) is 18.1. The summed E-state index contributed by atoms with van der Waals surface area (Å²) in [7, 11) is 0. The van der Waals surface area contributed by atoms with Gasteiger partial charge < -0.3 is 15.2 Å². The Bertz CT molecular complexity index is 1000. The number of nitrogens with one attached hydrogen (secondary N) is 2. The second kappa shape index (κ2) is 8.71. The molecule has 0 bridgehead atoms. The van der Waals surface area contributed by atoms with Crippen LogP contribution in [0.3, 0.4) is 0 Å². The molecule has 0 aliphatic carbocycles. The fourth-order valence-corrected chi connectivity index (χ4v) is 5.06. The predicted molar refractivity (Wildman–Crippen MR) is 123 cm³/mol. The molecule has 162 valence electrons. The zero-order valence-electron chi connectivity index (χ0n) is 18.1. The second-order valence-corrected chi connectivity index (χ2v) is 9.07. The molecular weight excluding hydrogens is 386 g/mol. The Kier molecular flexibility index (Phi) is 5.64. The summed E-state index contributed by atoms with van der Waals surface area (Å²) in [6.45, 7) is 5.64. The van der Waals surface area contributed by atoms with Crippen molar-refractivity contribution in [1.82, 2.24) is 25.1 Å². The van der Waals surface area contributed by atoms with Crippen molar-refractivity contribution < 1.29 is 4.79 Å². The van der Waals surface area contributed by atoms with Crippen molar-refractivity contribution in [2.45, 2.75) is 50.7 Å². The summed E-state index contributed by atoms with van der Waals surface area (Å²) in [5.41, 5.74) is 3.39. The lowest BCUT2D eigenvalue weighted by molar-refractivity contribution is 0.174. The molecule has 2 aromatic carbocycles. The predicted octanol–water partition coefficient (Wildman–Crippen LogP) is 4.11. The molecule has 1 aromatic heterocycles. The topological polar surface area (TPSA) is 64.3 Å². The van der Waals surface area contributed by atoms with Gasteiger partial charge in [-0.2, -0.15) is 0 Å². The lowest BCUT2D eigenvalue weighted by atomic mass is 9.97. The highest BCUT2D eigenvalue weighted by Crippen LogP contribution is 2.27. The van der Waals surface area contributed by atoms with E-state index in [0.29, 0.717) is 6.04 Å². The standard InChI is InChI=1S/C25H31N5O/c1-18-14-21(17-30(18)15-19-8-3-2-4-9-19)26-25(31)29-13-7-10-20(16-29)24-27-22-11-5-6-12-23(22)28-24/h2-6,8-9,11-12,18,20-21H,7,10,13-17H2,1H3,(H,26,31)(H,27,28). The molecule has 2 N–H and O–H groups in total. The Morgan fingerprint density at radius 3 is 2.77 bits per heavy atom. The number of aromatic amines is 1. The minimum absolute atomic E-state index is 0.0690. The Hall–Kier alpha value is -2.86. The van der Waals surface area contributed by atoms with Gasteiger partial charge in [0.1, 0.15) is 5.82 Å². The van der Waals surface area contributed by atoms with Crippen molar-refractivity contribution in [2.75, 3.05) is 19.6 Å². The van der Waals surface area contributed by atoms with Crippen LogP contribution in [-0.2, 0) is 6.54 Å². The lowest BCUT2D eigenvalue weighted by Gasteiger charge is -2.32. The highest BCUT2D eigenvalue weighted by atomic mass is 16.2. The van der Waals surface area contributed by atoms with Crippen LogP contribution >= 0.6 is 0 Å². The maximum absolute atomic E-state index is 13.0. The van der Waals surface area contributed by atoms with Crippen LogP contribution in [0.15, 0.2) is 54.6 Å². The molecule has 3 atom stereocenters. The van der Waals surface area contributed by atoms with Gasteiger partial charge in [0.25, 0.3) is 0 Å². The number of H-pyrrole nitrogens is 1. The van der Waals surface area contributed by atoms with Gasteiger partial charge in [-0.05, 0) is 43.9 Å². The number of piperidine rings is 1. The number of likely N-dealkylation sites (tertiary alicyclic amines) is 2. The van der Waals surface area contributed by atoms with Crippen LogP contribution in [0.25, 0.3) is 11.0 Å². The summed E-state index contributed by atoms with van der Waals surface area (Å²) in [5, 5.41) is 3.31. The van der Waals surface area contributed by atoms with E-state index < -0.39 is 0 Å². The van der Waals surface area contributed by atoms with Gasteiger partial charge >= 0.3 is 6.03 Å². The van der Waals surface area contributed by atoms with Crippen molar-refractivity contribution in [3.63, 3.8) is 0 Å². The molecule has 0 spiro atoms. The molecule has 6 heteroatoms. The molecule has 2 aliphatic heterocycles. The number of aromatic nitrogens is 2. The van der Waals surface area contributed by atoms with Crippen molar-refractivity contribution >= 4 is 17.1 Å². The number of hydrogen-bond donors (Lipinski definition) is 2. The Morgan fingerprint density at radius 1 is 1.13 bits per heavy atom. The number of amides is 2. The van der Waals surface area contributed by atoms with Crippen molar-refractivity contribution in [3.05, 3.63) is 66.0 Å². The van der Waals surface area contributed by atoms with Gasteiger partial charge in [0.05, 0.1) is 11.0 Å². The summed E-state index contributed by atoms with van der Waals surface area (Å²) in [4.78, 5) is 25.7. The third-order valence-corrected chi connectivity index (χ3v) is 6.76. The Morgan fingerprint density at radius 2 is 1.94 bits per heavy atom. The lowest BCUT2D eigenvalue weighted by Crippen LogP contribution is -2.49. The molecule has 31 heavy (non-hydrogen) atoms. The molecule has 2 fully saturated rings. The summed E-state index contributed by atoms with van der Waals surface area (Å²) >= 11 is 0. The summed E-state index contributed by atoms with van der Waals surface area (Å²) < 4.78 is 0. The normalized spacial score (nSPS) is 24.5. The van der Waals surface area contributed by atoms with E-state index >= 15 is 0 Å². The van der Waals surface area contributed by atoms with E-state index in [4.69, 9.17) is 4.98 Å². The number of benzene rings is 2. The maximum atomic E-state index is 13.0. The van der Waals surface area contributed by atoms with E-state index in [1.165, 1.54) is 5.56 Å². The van der Waals surface area contributed by atoms with Crippen molar-refractivity contribution in [1.29, 1.82) is 0 Å². The first-order valence-electron chi connectivity index (χ1n) is 11.4. The number of nitrogens with zero attached hydrogens (tertiary/aromatic N) is 3. The zero-order chi connectivity index (χ0) is 21.2. The number of rotatable bonds is 4. The number of para-hydroxylation sites is 2. The van der Waals surface area contributed by atoms with Gasteiger partial charge in [-0.3, -0.25) is 4.90 Å². The highest BCUT2D eigenvalue weighted by molar-refractivity contribution is 5.76. The van der Waals surface area contributed by atoms with Crippen LogP contribution in [0.5, 0.6) is 0 Å². The number of carbonyl (C=O) groups excluding carboxylic acids is 1. The third kappa shape index (κ3) is 4.44. The van der Waals surface area contributed by atoms with Crippen LogP contribution < -0.4 is 5.32 Å². The molecule has 2 saturated heterocycles. The van der Waals surface area contributed by atoms with E-state index in [-0.39, 0.29) is 18.0 Å². The quantitative estimate of drug-likeness (QED) is 0.671. The first-order valence-corrected chi connectivity index (χ1v) is 11.4. The molecule has 2 amide bonds. The monoisotopic (exact) mass is 417 g/mol. The van der Waals surface area contributed by atoms with E-state index in [2.05, 4.69) is 58.5 Å². The van der Waals surface area contributed by atoms with Gasteiger partial charge in [0.2, 0.25) is 0 Å². The SMILES string of the molecule is CC1CC(NC(=O)N2CCCC(c3nc4ccccc4[nH]3)C2)CN1Cc1ccccc1. The molecule has 3 unspecified atom stereocenters. The summed E-state index contributed by atoms with van der Waals surface area (Å²) in [6, 6.07) is 19.4. The number of imidazole rings is 1. The van der Waals surface area contributed by atoms with E-state index in [1.807, 2.05) is 23.1 Å². The van der Waals surface area contributed by atoms with Crippen LogP contribution in [0.1, 0.15) is 43.5 Å². The fraction of sp³-hybridized carbons (Fsp3) is 0.440. The number of carbonyl (C=O) groups is 1. The van der Waals surface area contributed by atoms with E-state index in [1.54, 1.807) is 0 Å². The van der Waals surface area contributed by atoms with Crippen LogP contribution in [0.4, 0.5) is 4.79 Å². The molecule has 0 radical (unpaired) electrons. The average Bonchev–Trinajstić information content (AvgIpc) is 3.38. The Balaban J connectivity index is 1.18. The van der Waals surface area contributed by atoms with E-state index in [9.17, 15) is 4.79 Å². The second-order valence-electron chi connectivity index (χ2n) is 9.07. The van der Waals surface area contributed by atoms with Gasteiger partial charge in [0.15, 0.2) is 0 Å². The molecule has 3 heterocycles. The van der Waals surface area contributed by atoms with Gasteiger partial charge in [-0.15, -0.1) is 0 Å². The van der Waals surface area contributed by atoms with Crippen molar-refractivity contribution in [3.8, 4) is 0 Å². The largest absolute Gasteiger partial charge is 0.342 e. The van der Waals surface area contributed by atoms with Crippen LogP contribution in [0, 0.1) is 0 Å². The average molecular weight is 418 g/mol. The first kappa shape index (κ1) is 20.1. The van der Waals surface area contributed by atoms with E-state index in [0.717, 1.165) is 62.3 Å². The smallest absolute Gasteiger partial charge is 0.317 e. The van der Waals surface area contributed by atoms with Gasteiger partial charge in [-0.1, -0.05) is 42.5 Å². The molecule has 3 aromatic rings. The van der Waals surface area contributed by atoms with Gasteiger partial charge in [0, 0.05) is 44.2 Å².